The van der Waals surface area contributed by atoms with Gasteiger partial charge in [0, 0.05) is 32.0 Å². The van der Waals surface area contributed by atoms with Crippen LogP contribution in [0.15, 0.2) is 47.3 Å². The summed E-state index contributed by atoms with van der Waals surface area (Å²) >= 11 is 0. The third-order valence-electron chi connectivity index (χ3n) is 5.96. The zero-order valence-corrected chi connectivity index (χ0v) is 18.8. The summed E-state index contributed by atoms with van der Waals surface area (Å²) < 4.78 is 25.7. The minimum atomic E-state index is -0.546. The van der Waals surface area contributed by atoms with E-state index in [2.05, 4.69) is 10.2 Å². The lowest BCUT2D eigenvalue weighted by atomic mass is 10.0. The predicted molar refractivity (Wildman–Crippen MR) is 123 cm³/mol. The van der Waals surface area contributed by atoms with Crippen LogP contribution in [0, 0.1) is 5.82 Å². The summed E-state index contributed by atoms with van der Waals surface area (Å²) in [5.74, 6) is -0.868. The van der Waals surface area contributed by atoms with Crippen molar-refractivity contribution in [2.45, 2.75) is 38.4 Å². The molecule has 2 aromatic carbocycles. The molecule has 0 saturated carbocycles. The van der Waals surface area contributed by atoms with Crippen LogP contribution in [0.4, 0.5) is 4.39 Å². The van der Waals surface area contributed by atoms with Crippen LogP contribution < -0.4 is 5.56 Å². The van der Waals surface area contributed by atoms with Crippen LogP contribution in [0.1, 0.15) is 41.4 Å². The highest BCUT2D eigenvalue weighted by Crippen LogP contribution is 2.22. The lowest BCUT2D eigenvalue weighted by Gasteiger charge is -2.33. The van der Waals surface area contributed by atoms with Crippen molar-refractivity contribution >= 4 is 16.7 Å². The largest absolute Gasteiger partial charge is 0.382 e. The molecule has 33 heavy (non-hydrogen) atoms. The molecule has 0 unspecified atom stereocenters. The molecular formula is C25H28FN3O4. The number of carbonyl (C=O) groups excluding carboxylic acids is 1. The Morgan fingerprint density at radius 1 is 1.21 bits per heavy atom. The minimum absolute atomic E-state index is 0.00556. The number of H-pyrrole nitrogens is 1. The molecular weight excluding hydrogens is 425 g/mol. The molecule has 1 amide bonds. The first-order valence-electron chi connectivity index (χ1n) is 11.1. The Labute approximate surface area is 191 Å². The number of halogens is 1. The van der Waals surface area contributed by atoms with E-state index in [0.717, 1.165) is 10.9 Å². The van der Waals surface area contributed by atoms with Crippen molar-refractivity contribution in [3.63, 3.8) is 0 Å². The van der Waals surface area contributed by atoms with E-state index in [1.807, 2.05) is 19.1 Å². The van der Waals surface area contributed by atoms with Gasteiger partial charge in [0.15, 0.2) is 0 Å². The van der Waals surface area contributed by atoms with Gasteiger partial charge >= 0.3 is 0 Å². The summed E-state index contributed by atoms with van der Waals surface area (Å²) in [6.07, 6.45) is 1.83. The van der Waals surface area contributed by atoms with E-state index in [1.54, 1.807) is 36.3 Å². The number of piperidine rings is 1. The molecule has 1 atom stereocenters. The SMILES string of the molecule is COC[C@H](C)OC1CCN(C(=O)c2cc(Cc3n[nH]c(=O)c4ccccc34)ccc2F)CC1. The normalized spacial score (nSPS) is 15.7. The van der Waals surface area contributed by atoms with Gasteiger partial charge in [-0.15, -0.1) is 0 Å². The van der Waals surface area contributed by atoms with Gasteiger partial charge in [-0.05, 0) is 43.5 Å². The summed E-state index contributed by atoms with van der Waals surface area (Å²) in [5.41, 5.74) is 1.20. The van der Waals surface area contributed by atoms with Gasteiger partial charge in [-0.2, -0.15) is 5.10 Å². The van der Waals surface area contributed by atoms with Crippen molar-refractivity contribution < 1.29 is 18.7 Å². The van der Waals surface area contributed by atoms with Crippen molar-refractivity contribution in [3.05, 3.63) is 75.5 Å². The highest BCUT2D eigenvalue weighted by atomic mass is 19.1. The number of benzene rings is 2. The van der Waals surface area contributed by atoms with E-state index >= 15 is 0 Å². The third-order valence-corrected chi connectivity index (χ3v) is 5.96. The quantitative estimate of drug-likeness (QED) is 0.593. The summed E-state index contributed by atoms with van der Waals surface area (Å²) in [6, 6.07) is 11.8. The van der Waals surface area contributed by atoms with Gasteiger partial charge in [0.2, 0.25) is 0 Å². The third kappa shape index (κ3) is 5.29. The summed E-state index contributed by atoms with van der Waals surface area (Å²) in [7, 11) is 1.64. The maximum absolute atomic E-state index is 14.6. The zero-order chi connectivity index (χ0) is 23.4. The fourth-order valence-electron chi connectivity index (χ4n) is 4.31. The van der Waals surface area contributed by atoms with Crippen molar-refractivity contribution in [3.8, 4) is 0 Å². The van der Waals surface area contributed by atoms with Gasteiger partial charge in [-0.1, -0.05) is 24.3 Å². The number of methoxy groups -OCH3 is 1. The minimum Gasteiger partial charge on any atom is -0.382 e. The first-order chi connectivity index (χ1) is 16.0. The van der Waals surface area contributed by atoms with Gasteiger partial charge in [-0.3, -0.25) is 9.59 Å². The Morgan fingerprint density at radius 3 is 2.67 bits per heavy atom. The number of hydrogen-bond acceptors (Lipinski definition) is 5. The molecule has 2 heterocycles. The Kier molecular flexibility index (Phi) is 7.15. The Hall–Kier alpha value is -3.10. The molecule has 1 aliphatic rings. The van der Waals surface area contributed by atoms with Gasteiger partial charge in [0.1, 0.15) is 5.82 Å². The first-order valence-corrected chi connectivity index (χ1v) is 11.1. The standard InChI is InChI=1S/C25H28FN3O4/c1-16(15-32-2)33-18-9-11-29(12-10-18)25(31)21-13-17(7-8-22(21)26)14-23-19-5-3-4-6-20(19)24(30)28-27-23/h3-8,13,16,18H,9-12,14-15H2,1-2H3,(H,28,30)/t16-/m0/s1. The van der Waals surface area contributed by atoms with Crippen LogP contribution in [-0.2, 0) is 15.9 Å². The fraction of sp³-hybridized carbons (Fsp3) is 0.400. The van der Waals surface area contributed by atoms with E-state index in [4.69, 9.17) is 9.47 Å². The maximum Gasteiger partial charge on any atom is 0.272 e. The maximum atomic E-state index is 14.6. The van der Waals surface area contributed by atoms with E-state index in [-0.39, 0.29) is 29.2 Å². The number of aromatic amines is 1. The number of fused-ring (bicyclic) bond motifs is 1. The molecule has 1 aromatic heterocycles. The highest BCUT2D eigenvalue weighted by Gasteiger charge is 2.27. The Morgan fingerprint density at radius 2 is 1.94 bits per heavy atom. The Balaban J connectivity index is 1.48. The van der Waals surface area contributed by atoms with Crippen LogP contribution in [0.25, 0.3) is 10.8 Å². The topological polar surface area (TPSA) is 84.5 Å². The van der Waals surface area contributed by atoms with Gasteiger partial charge in [0.05, 0.1) is 35.5 Å². The van der Waals surface area contributed by atoms with Gasteiger partial charge in [0.25, 0.3) is 11.5 Å². The number of carbonyl (C=O) groups is 1. The summed E-state index contributed by atoms with van der Waals surface area (Å²) in [4.78, 5) is 26.8. The molecule has 174 valence electrons. The molecule has 0 spiro atoms. The molecule has 1 fully saturated rings. The second kappa shape index (κ2) is 10.2. The van der Waals surface area contributed by atoms with Gasteiger partial charge in [-0.25, -0.2) is 9.49 Å². The average molecular weight is 454 g/mol. The van der Waals surface area contributed by atoms with Crippen LogP contribution in [0.5, 0.6) is 0 Å². The van der Waals surface area contributed by atoms with Crippen LogP contribution in [0.2, 0.25) is 0 Å². The zero-order valence-electron chi connectivity index (χ0n) is 18.8. The number of ether oxygens (including phenoxy) is 2. The molecule has 0 radical (unpaired) electrons. The van der Waals surface area contributed by atoms with E-state index < -0.39 is 5.82 Å². The molecule has 0 aliphatic carbocycles. The van der Waals surface area contributed by atoms with Crippen LogP contribution in [0.3, 0.4) is 0 Å². The molecule has 8 heteroatoms. The molecule has 0 bridgehead atoms. The van der Waals surface area contributed by atoms with Crippen LogP contribution >= 0.6 is 0 Å². The molecule has 1 aliphatic heterocycles. The van der Waals surface area contributed by atoms with Crippen molar-refractivity contribution in [2.24, 2.45) is 0 Å². The smallest absolute Gasteiger partial charge is 0.272 e. The second-order valence-corrected chi connectivity index (χ2v) is 8.43. The number of likely N-dealkylation sites (tertiary alicyclic amines) is 1. The number of amides is 1. The Bertz CT molecular complexity index is 1190. The molecule has 1 N–H and O–H groups in total. The first kappa shape index (κ1) is 23.1. The van der Waals surface area contributed by atoms with E-state index in [9.17, 15) is 14.0 Å². The average Bonchev–Trinajstić information content (AvgIpc) is 2.82. The monoisotopic (exact) mass is 453 g/mol. The lowest BCUT2D eigenvalue weighted by molar-refractivity contribution is -0.0582. The number of rotatable bonds is 7. The van der Waals surface area contributed by atoms with Crippen LogP contribution in [-0.4, -0.2) is 60.0 Å². The number of nitrogens with zero attached hydrogens (tertiary/aromatic N) is 2. The lowest BCUT2D eigenvalue weighted by Crippen LogP contribution is -2.42. The molecule has 4 rings (SSSR count). The number of hydrogen-bond donors (Lipinski definition) is 1. The second-order valence-electron chi connectivity index (χ2n) is 8.43. The summed E-state index contributed by atoms with van der Waals surface area (Å²) in [6.45, 7) is 3.51. The molecule has 3 aromatic rings. The predicted octanol–water partition coefficient (Wildman–Crippen LogP) is 3.31. The highest BCUT2D eigenvalue weighted by molar-refractivity contribution is 5.95. The van der Waals surface area contributed by atoms with Crippen molar-refractivity contribution in [1.82, 2.24) is 15.1 Å². The number of aromatic nitrogens is 2. The molecule has 1 saturated heterocycles. The van der Waals surface area contributed by atoms with Gasteiger partial charge < -0.3 is 14.4 Å². The fourth-order valence-corrected chi connectivity index (χ4v) is 4.31. The van der Waals surface area contributed by atoms with Crippen molar-refractivity contribution in [2.75, 3.05) is 26.8 Å². The van der Waals surface area contributed by atoms with E-state index in [0.29, 0.717) is 50.0 Å². The summed E-state index contributed by atoms with van der Waals surface area (Å²) in [5, 5.41) is 7.98. The van der Waals surface area contributed by atoms with E-state index in [1.165, 1.54) is 6.07 Å². The number of nitrogens with one attached hydrogen (secondary N) is 1. The van der Waals surface area contributed by atoms with Crippen molar-refractivity contribution in [1.29, 1.82) is 0 Å². The molecule has 7 nitrogen and oxygen atoms in total.